The van der Waals surface area contributed by atoms with Crippen LogP contribution in [0.25, 0.3) is 0 Å². The lowest BCUT2D eigenvalue weighted by Gasteiger charge is -2.03. The zero-order valence-electron chi connectivity index (χ0n) is 7.55. The fourth-order valence-electron chi connectivity index (χ4n) is 1.20. The number of rotatable bonds is 0. The Morgan fingerprint density at radius 3 is 2.58 bits per heavy atom. The highest BCUT2D eigenvalue weighted by Crippen LogP contribution is 2.04. The largest absolute Gasteiger partial charge is 0.391 e. The average molecular weight is 168 g/mol. The van der Waals surface area contributed by atoms with Gasteiger partial charge in [-0.15, -0.1) is 0 Å². The van der Waals surface area contributed by atoms with Crippen molar-refractivity contribution < 1.29 is 4.79 Å². The third-order valence-electron chi connectivity index (χ3n) is 2.00. The summed E-state index contributed by atoms with van der Waals surface area (Å²) >= 11 is 0. The van der Waals surface area contributed by atoms with Crippen LogP contribution < -0.4 is 5.32 Å². The van der Waals surface area contributed by atoms with Gasteiger partial charge >= 0.3 is 0 Å². The van der Waals surface area contributed by atoms with E-state index in [9.17, 15) is 4.79 Å². The molecule has 0 aromatic heterocycles. The maximum Gasteiger partial charge on any atom is 0.222 e. The zero-order chi connectivity index (χ0) is 8.81. The summed E-state index contributed by atoms with van der Waals surface area (Å²) in [5.74, 6) is 0.292. The number of likely N-dealkylation sites (tertiary alicyclic amines) is 1. The highest BCUT2D eigenvalue weighted by molar-refractivity contribution is 5.77. The Labute approximate surface area is 73.4 Å². The zero-order valence-corrected chi connectivity index (χ0v) is 7.55. The maximum absolute atomic E-state index is 10.5. The first kappa shape index (κ1) is 9.10. The molecule has 0 radical (unpaired) electrons. The first-order chi connectivity index (χ1) is 5.80. The molecule has 0 aromatic carbocycles. The first-order valence-electron chi connectivity index (χ1n) is 4.43. The smallest absolute Gasteiger partial charge is 0.222 e. The van der Waals surface area contributed by atoms with Crippen LogP contribution >= 0.6 is 0 Å². The molecule has 12 heavy (non-hydrogen) atoms. The number of nitrogens with zero attached hydrogens (tertiary/aromatic N) is 1. The number of hydrogen-bond acceptors (Lipinski definition) is 2. The molecule has 0 unspecified atom stereocenters. The predicted octanol–water partition coefficient (Wildman–Crippen LogP) is 0.732. The van der Waals surface area contributed by atoms with Crippen LogP contribution in [0.4, 0.5) is 0 Å². The Morgan fingerprint density at radius 2 is 2.42 bits per heavy atom. The molecule has 2 aliphatic heterocycles. The van der Waals surface area contributed by atoms with Crippen molar-refractivity contribution in [1.82, 2.24) is 10.2 Å². The molecule has 3 nitrogen and oxygen atoms in total. The molecule has 1 saturated heterocycles. The molecule has 68 valence electrons. The van der Waals surface area contributed by atoms with Crippen molar-refractivity contribution in [3.63, 3.8) is 0 Å². The molecule has 2 aliphatic rings. The topological polar surface area (TPSA) is 32.3 Å². The minimum atomic E-state index is 0.292. The normalized spacial score (nSPS) is 20.4. The van der Waals surface area contributed by atoms with Gasteiger partial charge in [0.25, 0.3) is 0 Å². The lowest BCUT2D eigenvalue weighted by atomic mass is 10.4. The molecule has 0 aliphatic carbocycles. The molecule has 0 saturated carbocycles. The van der Waals surface area contributed by atoms with Gasteiger partial charge in [0.05, 0.1) is 0 Å². The maximum atomic E-state index is 10.5. The van der Waals surface area contributed by atoms with E-state index in [1.165, 1.54) is 6.42 Å². The van der Waals surface area contributed by atoms with Gasteiger partial charge in [-0.25, -0.2) is 0 Å². The monoisotopic (exact) mass is 168 g/mol. The molecule has 1 N–H and O–H groups in total. The minimum absolute atomic E-state index is 0.292. The van der Waals surface area contributed by atoms with E-state index in [-0.39, 0.29) is 0 Å². The Bertz CT molecular complexity index is 171. The predicted molar refractivity (Wildman–Crippen MR) is 48.6 cm³/mol. The van der Waals surface area contributed by atoms with Crippen molar-refractivity contribution in [2.45, 2.75) is 19.3 Å². The highest BCUT2D eigenvalue weighted by atomic mass is 16.2. The van der Waals surface area contributed by atoms with Crippen molar-refractivity contribution in [1.29, 1.82) is 0 Å². The fourth-order valence-corrected chi connectivity index (χ4v) is 1.20. The molecule has 0 aromatic rings. The summed E-state index contributed by atoms with van der Waals surface area (Å²) < 4.78 is 0. The first-order valence-corrected chi connectivity index (χ1v) is 4.43. The van der Waals surface area contributed by atoms with Gasteiger partial charge in [-0.2, -0.15) is 0 Å². The lowest BCUT2D eigenvalue weighted by Crippen LogP contribution is -2.17. The second kappa shape index (κ2) is 4.80. The Morgan fingerprint density at radius 1 is 1.58 bits per heavy atom. The van der Waals surface area contributed by atoms with E-state index in [4.69, 9.17) is 0 Å². The van der Waals surface area contributed by atoms with Crippen LogP contribution in [0.3, 0.4) is 0 Å². The third kappa shape index (κ3) is 2.95. The molecule has 0 atom stereocenters. The van der Waals surface area contributed by atoms with Gasteiger partial charge in [0.1, 0.15) is 0 Å². The summed E-state index contributed by atoms with van der Waals surface area (Å²) in [5, 5.41) is 3.04. The van der Waals surface area contributed by atoms with Crippen LogP contribution in [0.2, 0.25) is 0 Å². The SMILES string of the molecule is C1=CNCC1.CN1CCCC1=O. The highest BCUT2D eigenvalue weighted by Gasteiger charge is 2.14. The quantitative estimate of drug-likeness (QED) is 0.578. The summed E-state index contributed by atoms with van der Waals surface area (Å²) in [5.41, 5.74) is 0. The number of carbonyl (C=O) groups excluding carboxylic acids is 1. The summed E-state index contributed by atoms with van der Waals surface area (Å²) in [6.07, 6.45) is 7.13. The number of amides is 1. The molecule has 0 spiro atoms. The van der Waals surface area contributed by atoms with Crippen LogP contribution in [-0.4, -0.2) is 30.9 Å². The van der Waals surface area contributed by atoms with Crippen molar-refractivity contribution >= 4 is 5.91 Å². The standard InChI is InChI=1S/C5H9NO.C4H7N/c1-6-4-2-3-5(6)7;1-2-4-5-3-1/h2-4H2,1H3;1,3,5H,2,4H2. The fraction of sp³-hybridized carbons (Fsp3) is 0.667. The van der Waals surface area contributed by atoms with Crippen LogP contribution in [0, 0.1) is 0 Å². The molecular weight excluding hydrogens is 152 g/mol. The second-order valence-corrected chi connectivity index (χ2v) is 3.06. The van der Waals surface area contributed by atoms with E-state index >= 15 is 0 Å². The minimum Gasteiger partial charge on any atom is -0.391 e. The Balaban J connectivity index is 0.000000127. The Kier molecular flexibility index (Phi) is 3.64. The summed E-state index contributed by atoms with van der Waals surface area (Å²) in [6.45, 7) is 2.10. The molecular formula is C9H16N2O. The summed E-state index contributed by atoms with van der Waals surface area (Å²) in [4.78, 5) is 12.3. The van der Waals surface area contributed by atoms with E-state index in [0.29, 0.717) is 5.91 Å². The van der Waals surface area contributed by atoms with E-state index in [2.05, 4.69) is 11.4 Å². The van der Waals surface area contributed by atoms with E-state index < -0.39 is 0 Å². The summed E-state index contributed by atoms with van der Waals surface area (Å²) in [7, 11) is 1.84. The Hall–Kier alpha value is -0.990. The van der Waals surface area contributed by atoms with Gasteiger partial charge in [0.2, 0.25) is 5.91 Å². The summed E-state index contributed by atoms with van der Waals surface area (Å²) in [6, 6.07) is 0. The molecule has 2 rings (SSSR count). The van der Waals surface area contributed by atoms with Gasteiger partial charge in [0, 0.05) is 26.6 Å². The van der Waals surface area contributed by atoms with Crippen LogP contribution in [0.1, 0.15) is 19.3 Å². The molecule has 2 heterocycles. The van der Waals surface area contributed by atoms with Crippen molar-refractivity contribution in [2.75, 3.05) is 20.1 Å². The molecule has 1 fully saturated rings. The van der Waals surface area contributed by atoms with Crippen LogP contribution in [0.15, 0.2) is 12.3 Å². The van der Waals surface area contributed by atoms with Gasteiger partial charge in [-0.05, 0) is 19.0 Å². The van der Waals surface area contributed by atoms with Gasteiger partial charge in [0.15, 0.2) is 0 Å². The number of nitrogens with one attached hydrogen (secondary N) is 1. The van der Waals surface area contributed by atoms with E-state index in [1.54, 1.807) is 4.90 Å². The van der Waals surface area contributed by atoms with E-state index in [0.717, 1.165) is 25.9 Å². The average Bonchev–Trinajstić information content (AvgIpc) is 2.67. The van der Waals surface area contributed by atoms with Crippen LogP contribution in [-0.2, 0) is 4.79 Å². The molecule has 3 heteroatoms. The van der Waals surface area contributed by atoms with Crippen molar-refractivity contribution in [2.24, 2.45) is 0 Å². The van der Waals surface area contributed by atoms with Crippen molar-refractivity contribution in [3.8, 4) is 0 Å². The number of hydrogen-bond donors (Lipinski definition) is 1. The van der Waals surface area contributed by atoms with Gasteiger partial charge < -0.3 is 10.2 Å². The van der Waals surface area contributed by atoms with Gasteiger partial charge in [-0.3, -0.25) is 4.79 Å². The van der Waals surface area contributed by atoms with Crippen molar-refractivity contribution in [3.05, 3.63) is 12.3 Å². The van der Waals surface area contributed by atoms with Gasteiger partial charge in [-0.1, -0.05) is 6.08 Å². The molecule has 0 bridgehead atoms. The third-order valence-corrected chi connectivity index (χ3v) is 2.00. The lowest BCUT2D eigenvalue weighted by molar-refractivity contribution is -0.126. The number of carbonyl (C=O) groups is 1. The second-order valence-electron chi connectivity index (χ2n) is 3.06. The van der Waals surface area contributed by atoms with E-state index in [1.807, 2.05) is 13.2 Å². The van der Waals surface area contributed by atoms with Crippen LogP contribution in [0.5, 0.6) is 0 Å². The molecule has 1 amide bonds.